The summed E-state index contributed by atoms with van der Waals surface area (Å²) >= 11 is 0. The zero-order valence-corrected chi connectivity index (χ0v) is 12.3. The minimum atomic E-state index is -0.300. The Morgan fingerprint density at radius 1 is 1.14 bits per heavy atom. The SMILES string of the molecule is CCCN(CCCN)C(=O)c1ccc(F)c2ccccc12. The van der Waals surface area contributed by atoms with Crippen molar-refractivity contribution in [2.24, 2.45) is 5.73 Å². The first-order chi connectivity index (χ1) is 10.2. The molecule has 0 atom stereocenters. The highest BCUT2D eigenvalue weighted by Gasteiger charge is 2.18. The maximum Gasteiger partial charge on any atom is 0.254 e. The van der Waals surface area contributed by atoms with Gasteiger partial charge in [0.25, 0.3) is 5.91 Å². The van der Waals surface area contributed by atoms with Crippen molar-refractivity contribution in [2.75, 3.05) is 19.6 Å². The number of amides is 1. The fraction of sp³-hybridized carbons (Fsp3) is 0.353. The number of rotatable bonds is 6. The number of benzene rings is 2. The number of fused-ring (bicyclic) bond motifs is 1. The highest BCUT2D eigenvalue weighted by Crippen LogP contribution is 2.23. The lowest BCUT2D eigenvalue weighted by Crippen LogP contribution is -2.33. The molecule has 0 fully saturated rings. The molecule has 112 valence electrons. The first kappa shape index (κ1) is 15.4. The molecule has 0 heterocycles. The zero-order chi connectivity index (χ0) is 15.2. The van der Waals surface area contributed by atoms with E-state index in [-0.39, 0.29) is 11.7 Å². The summed E-state index contributed by atoms with van der Waals surface area (Å²) < 4.78 is 13.8. The van der Waals surface area contributed by atoms with Crippen LogP contribution in [0.15, 0.2) is 36.4 Å². The summed E-state index contributed by atoms with van der Waals surface area (Å²) in [5.74, 6) is -0.354. The Balaban J connectivity index is 2.39. The van der Waals surface area contributed by atoms with Crippen LogP contribution in [0.3, 0.4) is 0 Å². The van der Waals surface area contributed by atoms with Gasteiger partial charge in [0.2, 0.25) is 0 Å². The van der Waals surface area contributed by atoms with E-state index >= 15 is 0 Å². The number of nitrogens with zero attached hydrogens (tertiary/aromatic N) is 1. The summed E-state index contributed by atoms with van der Waals surface area (Å²) in [6.45, 7) is 3.91. The highest BCUT2D eigenvalue weighted by atomic mass is 19.1. The Kier molecular flexibility index (Phi) is 5.28. The molecule has 0 aliphatic carbocycles. The molecule has 0 unspecified atom stereocenters. The van der Waals surface area contributed by atoms with Gasteiger partial charge >= 0.3 is 0 Å². The van der Waals surface area contributed by atoms with Crippen molar-refractivity contribution in [3.8, 4) is 0 Å². The zero-order valence-electron chi connectivity index (χ0n) is 12.3. The van der Waals surface area contributed by atoms with Crippen LogP contribution in [0.4, 0.5) is 4.39 Å². The molecule has 2 aromatic carbocycles. The summed E-state index contributed by atoms with van der Waals surface area (Å²) in [7, 11) is 0. The minimum Gasteiger partial charge on any atom is -0.339 e. The molecule has 0 saturated carbocycles. The van der Waals surface area contributed by atoms with Gasteiger partial charge in [0, 0.05) is 24.0 Å². The summed E-state index contributed by atoms with van der Waals surface area (Å²) in [6.07, 6.45) is 1.65. The smallest absolute Gasteiger partial charge is 0.254 e. The topological polar surface area (TPSA) is 46.3 Å². The highest BCUT2D eigenvalue weighted by molar-refractivity contribution is 6.07. The van der Waals surface area contributed by atoms with E-state index < -0.39 is 0 Å². The average molecular weight is 288 g/mol. The van der Waals surface area contributed by atoms with E-state index in [0.29, 0.717) is 36.0 Å². The fourth-order valence-electron chi connectivity index (χ4n) is 2.49. The summed E-state index contributed by atoms with van der Waals surface area (Å²) in [4.78, 5) is 14.5. The molecule has 2 aromatic rings. The van der Waals surface area contributed by atoms with E-state index in [2.05, 4.69) is 0 Å². The van der Waals surface area contributed by atoms with E-state index in [0.717, 1.165) is 12.8 Å². The van der Waals surface area contributed by atoms with Gasteiger partial charge in [-0.05, 0) is 36.9 Å². The van der Waals surface area contributed by atoms with Gasteiger partial charge in [-0.2, -0.15) is 0 Å². The third-order valence-electron chi connectivity index (χ3n) is 3.51. The van der Waals surface area contributed by atoms with E-state index in [4.69, 9.17) is 5.73 Å². The van der Waals surface area contributed by atoms with Crippen LogP contribution in [0.5, 0.6) is 0 Å². The molecule has 21 heavy (non-hydrogen) atoms. The molecule has 1 amide bonds. The molecule has 0 radical (unpaired) electrons. The van der Waals surface area contributed by atoms with Crippen LogP contribution in [0, 0.1) is 5.82 Å². The molecule has 0 aliphatic heterocycles. The quantitative estimate of drug-likeness (QED) is 0.887. The van der Waals surface area contributed by atoms with E-state index in [1.807, 2.05) is 13.0 Å². The van der Waals surface area contributed by atoms with Crippen LogP contribution >= 0.6 is 0 Å². The first-order valence-corrected chi connectivity index (χ1v) is 7.35. The standard InChI is InChI=1S/C17H21FN2O/c1-2-11-20(12-5-10-19)17(21)15-8-9-16(18)14-7-4-3-6-13(14)15/h3-4,6-9H,2,5,10-12,19H2,1H3. The number of nitrogens with two attached hydrogens (primary N) is 1. The Morgan fingerprint density at radius 3 is 2.52 bits per heavy atom. The second-order valence-corrected chi connectivity index (χ2v) is 5.07. The van der Waals surface area contributed by atoms with Crippen molar-refractivity contribution >= 4 is 16.7 Å². The van der Waals surface area contributed by atoms with Crippen molar-refractivity contribution in [3.63, 3.8) is 0 Å². The van der Waals surface area contributed by atoms with Gasteiger partial charge < -0.3 is 10.6 Å². The van der Waals surface area contributed by atoms with Crippen molar-refractivity contribution in [3.05, 3.63) is 47.8 Å². The predicted octanol–water partition coefficient (Wildman–Crippen LogP) is 3.18. The lowest BCUT2D eigenvalue weighted by molar-refractivity contribution is 0.0756. The number of carbonyl (C=O) groups is 1. The molecule has 3 nitrogen and oxygen atoms in total. The summed E-state index contributed by atoms with van der Waals surface area (Å²) in [6, 6.07) is 10.0. The Hall–Kier alpha value is -1.94. The largest absolute Gasteiger partial charge is 0.339 e. The maximum absolute atomic E-state index is 13.8. The number of hydrogen-bond acceptors (Lipinski definition) is 2. The van der Waals surface area contributed by atoms with Gasteiger partial charge in [-0.3, -0.25) is 4.79 Å². The summed E-state index contributed by atoms with van der Waals surface area (Å²) in [5.41, 5.74) is 6.09. The van der Waals surface area contributed by atoms with Gasteiger partial charge in [0.15, 0.2) is 0 Å². The van der Waals surface area contributed by atoms with Crippen LogP contribution in [0.25, 0.3) is 10.8 Å². The van der Waals surface area contributed by atoms with Gasteiger partial charge in [0.05, 0.1) is 0 Å². The molecule has 0 aromatic heterocycles. The molecule has 2 rings (SSSR count). The molecule has 4 heteroatoms. The van der Waals surface area contributed by atoms with Gasteiger partial charge in [-0.15, -0.1) is 0 Å². The Bertz CT molecular complexity index is 627. The molecule has 0 saturated heterocycles. The molecule has 0 spiro atoms. The second-order valence-electron chi connectivity index (χ2n) is 5.07. The number of hydrogen-bond donors (Lipinski definition) is 1. The monoisotopic (exact) mass is 288 g/mol. The Labute approximate surface area is 124 Å². The number of carbonyl (C=O) groups excluding carboxylic acids is 1. The van der Waals surface area contributed by atoms with Crippen LogP contribution in [0.2, 0.25) is 0 Å². The summed E-state index contributed by atoms with van der Waals surface area (Å²) in [5, 5.41) is 1.15. The number of halogens is 1. The molecular formula is C17H21FN2O. The van der Waals surface area contributed by atoms with Crippen molar-refractivity contribution in [1.29, 1.82) is 0 Å². The van der Waals surface area contributed by atoms with Crippen LogP contribution in [-0.4, -0.2) is 30.4 Å². The maximum atomic E-state index is 13.8. The van der Waals surface area contributed by atoms with Gasteiger partial charge in [-0.1, -0.05) is 31.2 Å². The lowest BCUT2D eigenvalue weighted by atomic mass is 10.0. The first-order valence-electron chi connectivity index (χ1n) is 7.35. The van der Waals surface area contributed by atoms with Crippen molar-refractivity contribution in [1.82, 2.24) is 4.90 Å². The van der Waals surface area contributed by atoms with E-state index in [1.54, 1.807) is 29.2 Å². The van der Waals surface area contributed by atoms with Crippen molar-refractivity contribution < 1.29 is 9.18 Å². The second kappa shape index (κ2) is 7.18. The lowest BCUT2D eigenvalue weighted by Gasteiger charge is -2.22. The molecule has 0 aliphatic rings. The van der Waals surface area contributed by atoms with E-state index in [1.165, 1.54) is 6.07 Å². The van der Waals surface area contributed by atoms with Crippen LogP contribution < -0.4 is 5.73 Å². The van der Waals surface area contributed by atoms with Crippen LogP contribution in [-0.2, 0) is 0 Å². The minimum absolute atomic E-state index is 0.0542. The Morgan fingerprint density at radius 2 is 1.86 bits per heavy atom. The van der Waals surface area contributed by atoms with Crippen molar-refractivity contribution in [2.45, 2.75) is 19.8 Å². The average Bonchev–Trinajstić information content (AvgIpc) is 2.51. The normalized spacial score (nSPS) is 10.8. The third-order valence-corrected chi connectivity index (χ3v) is 3.51. The molecule has 0 bridgehead atoms. The fourth-order valence-corrected chi connectivity index (χ4v) is 2.49. The predicted molar refractivity (Wildman–Crippen MR) is 83.8 cm³/mol. The van der Waals surface area contributed by atoms with Crippen LogP contribution in [0.1, 0.15) is 30.1 Å². The third kappa shape index (κ3) is 3.39. The molecular weight excluding hydrogens is 267 g/mol. The van der Waals surface area contributed by atoms with Gasteiger partial charge in [-0.25, -0.2) is 4.39 Å². The van der Waals surface area contributed by atoms with Gasteiger partial charge in [0.1, 0.15) is 5.82 Å². The molecule has 2 N–H and O–H groups in total. The van der Waals surface area contributed by atoms with E-state index in [9.17, 15) is 9.18 Å².